The average molecular weight is 387 g/mol. The van der Waals surface area contributed by atoms with Gasteiger partial charge in [-0.15, -0.1) is 13.2 Å². The van der Waals surface area contributed by atoms with Gasteiger partial charge in [-0.3, -0.25) is 9.52 Å². The zero-order chi connectivity index (χ0) is 19.4. The van der Waals surface area contributed by atoms with Crippen LogP contribution in [-0.2, 0) is 21.2 Å². The second-order valence-corrected chi connectivity index (χ2v) is 7.49. The molecule has 0 spiro atoms. The molecule has 5 nitrogen and oxygen atoms in total. The molecule has 0 aliphatic heterocycles. The van der Waals surface area contributed by atoms with Gasteiger partial charge in [-0.05, 0) is 30.2 Å². The number of hydrogen-bond donors (Lipinski definition) is 1. The molecule has 0 fully saturated rings. The summed E-state index contributed by atoms with van der Waals surface area (Å²) in [6.07, 6.45) is -5.10. The van der Waals surface area contributed by atoms with Crippen LogP contribution in [0.2, 0.25) is 0 Å². The van der Waals surface area contributed by atoms with E-state index < -0.39 is 33.3 Å². The minimum atomic E-state index is -4.81. The number of carbonyl (C=O) groups excluding carboxylic acids is 1. The fraction of sp³-hybridized carbons (Fsp3) is 0.235. The highest BCUT2D eigenvalue weighted by molar-refractivity contribution is 7.90. The number of ether oxygens (including phenoxy) is 1. The predicted octanol–water partition coefficient (Wildman–Crippen LogP) is 3.33. The Morgan fingerprint density at radius 1 is 1.08 bits per heavy atom. The summed E-state index contributed by atoms with van der Waals surface area (Å²) in [6, 6.07) is 13.0. The number of rotatable bonds is 6. The van der Waals surface area contributed by atoms with E-state index in [0.29, 0.717) is 11.1 Å². The molecule has 0 aliphatic carbocycles. The summed E-state index contributed by atoms with van der Waals surface area (Å²) in [5, 5.41) is -0.935. The number of nitrogens with one attached hydrogen (secondary N) is 1. The normalized spacial score (nSPS) is 13.1. The van der Waals surface area contributed by atoms with Gasteiger partial charge in [0.25, 0.3) is 0 Å². The summed E-state index contributed by atoms with van der Waals surface area (Å²) in [6.45, 7) is 1.45. The van der Waals surface area contributed by atoms with Gasteiger partial charge in [0.05, 0.1) is 6.42 Å². The zero-order valence-corrected chi connectivity index (χ0v) is 14.5. The number of halogens is 3. The fourth-order valence-corrected chi connectivity index (χ4v) is 3.26. The molecule has 9 heteroatoms. The van der Waals surface area contributed by atoms with Crippen molar-refractivity contribution < 1.29 is 31.1 Å². The quantitative estimate of drug-likeness (QED) is 0.825. The summed E-state index contributed by atoms with van der Waals surface area (Å²) < 4.78 is 66.5. The van der Waals surface area contributed by atoms with Crippen LogP contribution in [0.1, 0.15) is 23.3 Å². The maximum atomic E-state index is 12.3. The van der Waals surface area contributed by atoms with Crippen LogP contribution in [0.25, 0.3) is 0 Å². The van der Waals surface area contributed by atoms with Gasteiger partial charge in [-0.25, -0.2) is 8.42 Å². The molecule has 26 heavy (non-hydrogen) atoms. The molecule has 1 unspecified atom stereocenters. The topological polar surface area (TPSA) is 72.5 Å². The zero-order valence-electron chi connectivity index (χ0n) is 13.7. The van der Waals surface area contributed by atoms with Gasteiger partial charge in [0.15, 0.2) is 0 Å². The Kier molecular flexibility index (Phi) is 5.91. The molecule has 2 aromatic rings. The van der Waals surface area contributed by atoms with Crippen molar-refractivity contribution in [2.24, 2.45) is 0 Å². The standard InChI is InChI=1S/C17H16F3NO4S/c1-12(14-5-3-2-4-6-14)26(23,24)21-16(22)11-13-7-9-15(10-8-13)25-17(18,19)20/h2-10,12H,11H2,1H3,(H,21,22). The third-order valence-electron chi connectivity index (χ3n) is 3.51. The first-order valence-corrected chi connectivity index (χ1v) is 9.05. The Balaban J connectivity index is 1.99. The summed E-state index contributed by atoms with van der Waals surface area (Å²) in [7, 11) is -3.94. The SMILES string of the molecule is CC(c1ccccc1)S(=O)(=O)NC(=O)Cc1ccc(OC(F)(F)F)cc1. The third kappa shape index (κ3) is 5.76. The summed E-state index contributed by atoms with van der Waals surface area (Å²) in [5.41, 5.74) is 0.876. The van der Waals surface area contributed by atoms with Gasteiger partial charge < -0.3 is 4.74 Å². The van der Waals surface area contributed by atoms with Gasteiger partial charge in [0.2, 0.25) is 15.9 Å². The lowest BCUT2D eigenvalue weighted by atomic mass is 10.1. The second kappa shape index (κ2) is 7.77. The summed E-state index contributed by atoms with van der Waals surface area (Å²) in [4.78, 5) is 12.0. The van der Waals surface area contributed by atoms with Crippen LogP contribution in [0.3, 0.4) is 0 Å². The van der Waals surface area contributed by atoms with Gasteiger partial charge in [0.1, 0.15) is 11.0 Å². The Bertz CT molecular complexity index is 850. The monoisotopic (exact) mass is 387 g/mol. The Morgan fingerprint density at radius 3 is 2.19 bits per heavy atom. The minimum absolute atomic E-state index is 0.299. The Morgan fingerprint density at radius 2 is 1.65 bits per heavy atom. The molecule has 2 aromatic carbocycles. The number of sulfonamides is 1. The van der Waals surface area contributed by atoms with E-state index in [2.05, 4.69) is 4.74 Å². The highest BCUT2D eigenvalue weighted by Crippen LogP contribution is 2.23. The third-order valence-corrected chi connectivity index (χ3v) is 5.23. The van der Waals surface area contributed by atoms with Crippen molar-refractivity contribution in [3.63, 3.8) is 0 Å². The van der Waals surface area contributed by atoms with E-state index >= 15 is 0 Å². The molecule has 140 valence electrons. The van der Waals surface area contributed by atoms with E-state index in [1.807, 2.05) is 4.72 Å². The molecule has 0 aliphatic rings. The molecular weight excluding hydrogens is 371 g/mol. The van der Waals surface area contributed by atoms with Crippen molar-refractivity contribution in [3.05, 3.63) is 65.7 Å². The van der Waals surface area contributed by atoms with Gasteiger partial charge in [0, 0.05) is 0 Å². The Labute approximate surface area is 148 Å². The van der Waals surface area contributed by atoms with E-state index in [9.17, 15) is 26.4 Å². The Hall–Kier alpha value is -2.55. The number of benzene rings is 2. The lowest BCUT2D eigenvalue weighted by Crippen LogP contribution is -2.34. The van der Waals surface area contributed by atoms with Crippen LogP contribution in [-0.4, -0.2) is 20.7 Å². The number of carbonyl (C=O) groups is 1. The van der Waals surface area contributed by atoms with Crippen LogP contribution in [0.5, 0.6) is 5.75 Å². The average Bonchev–Trinajstić information content (AvgIpc) is 2.55. The maximum Gasteiger partial charge on any atom is 0.573 e. The number of alkyl halides is 3. The van der Waals surface area contributed by atoms with E-state index in [4.69, 9.17) is 0 Å². The van der Waals surface area contributed by atoms with E-state index in [1.165, 1.54) is 19.1 Å². The number of hydrogen-bond acceptors (Lipinski definition) is 4. The molecule has 0 saturated heterocycles. The smallest absolute Gasteiger partial charge is 0.406 e. The van der Waals surface area contributed by atoms with E-state index in [1.54, 1.807) is 30.3 Å². The van der Waals surface area contributed by atoms with Crippen molar-refractivity contribution >= 4 is 15.9 Å². The highest BCUT2D eigenvalue weighted by Gasteiger charge is 2.31. The lowest BCUT2D eigenvalue weighted by Gasteiger charge is -2.14. The molecule has 1 amide bonds. The first-order chi connectivity index (χ1) is 12.1. The molecule has 0 bridgehead atoms. The maximum absolute atomic E-state index is 12.3. The van der Waals surface area contributed by atoms with Crippen molar-refractivity contribution in [3.8, 4) is 5.75 Å². The first-order valence-electron chi connectivity index (χ1n) is 7.51. The van der Waals surface area contributed by atoms with E-state index in [0.717, 1.165) is 12.1 Å². The minimum Gasteiger partial charge on any atom is -0.406 e. The largest absolute Gasteiger partial charge is 0.573 e. The summed E-state index contributed by atoms with van der Waals surface area (Å²) in [5.74, 6) is -1.20. The molecule has 0 radical (unpaired) electrons. The summed E-state index contributed by atoms with van der Waals surface area (Å²) >= 11 is 0. The molecule has 1 atom stereocenters. The van der Waals surface area contributed by atoms with Crippen LogP contribution in [0.15, 0.2) is 54.6 Å². The first kappa shape index (κ1) is 19.8. The molecule has 2 rings (SSSR count). The second-order valence-electron chi connectivity index (χ2n) is 5.49. The molecule has 0 saturated carbocycles. The molecule has 1 N–H and O–H groups in total. The van der Waals surface area contributed by atoms with Crippen LogP contribution in [0, 0.1) is 0 Å². The van der Waals surface area contributed by atoms with Crippen LogP contribution >= 0.6 is 0 Å². The molecule has 0 aromatic heterocycles. The van der Waals surface area contributed by atoms with Gasteiger partial charge in [-0.1, -0.05) is 42.5 Å². The van der Waals surface area contributed by atoms with Crippen molar-refractivity contribution in [2.45, 2.75) is 25.0 Å². The molecule has 0 heterocycles. The van der Waals surface area contributed by atoms with Crippen molar-refractivity contribution in [2.75, 3.05) is 0 Å². The van der Waals surface area contributed by atoms with Crippen LogP contribution < -0.4 is 9.46 Å². The highest BCUT2D eigenvalue weighted by atomic mass is 32.2. The molecular formula is C17H16F3NO4S. The van der Waals surface area contributed by atoms with Crippen molar-refractivity contribution in [1.82, 2.24) is 4.72 Å². The van der Waals surface area contributed by atoms with E-state index in [-0.39, 0.29) is 6.42 Å². The van der Waals surface area contributed by atoms with Crippen LogP contribution in [0.4, 0.5) is 13.2 Å². The van der Waals surface area contributed by atoms with Gasteiger partial charge in [-0.2, -0.15) is 0 Å². The van der Waals surface area contributed by atoms with Crippen molar-refractivity contribution in [1.29, 1.82) is 0 Å². The fourth-order valence-electron chi connectivity index (χ4n) is 2.18. The predicted molar refractivity (Wildman–Crippen MR) is 88.7 cm³/mol. The number of amides is 1. The lowest BCUT2D eigenvalue weighted by molar-refractivity contribution is -0.274. The van der Waals surface area contributed by atoms with Gasteiger partial charge >= 0.3 is 6.36 Å².